The van der Waals surface area contributed by atoms with Gasteiger partial charge in [-0.25, -0.2) is 4.79 Å². The Bertz CT molecular complexity index is 1090. The number of urea groups is 1. The first-order valence-electron chi connectivity index (χ1n) is 10.8. The van der Waals surface area contributed by atoms with Crippen LogP contribution in [-0.2, 0) is 6.42 Å². The number of fused-ring (bicyclic) bond motifs is 1. The topological polar surface area (TPSA) is 93.0 Å². The third-order valence-electron chi connectivity index (χ3n) is 5.62. The van der Waals surface area contributed by atoms with E-state index in [1.54, 1.807) is 6.07 Å². The van der Waals surface area contributed by atoms with Crippen molar-refractivity contribution in [2.45, 2.75) is 13.3 Å². The molecule has 2 aromatic carbocycles. The van der Waals surface area contributed by atoms with Crippen LogP contribution in [0.4, 0.5) is 16.2 Å². The van der Waals surface area contributed by atoms with Gasteiger partial charge in [0.2, 0.25) is 11.7 Å². The average Bonchev–Trinajstić information content (AvgIpc) is 3.34. The summed E-state index contributed by atoms with van der Waals surface area (Å²) in [5, 5.41) is 6.98. The van der Waals surface area contributed by atoms with Gasteiger partial charge in [-0.2, -0.15) is 4.98 Å². The number of nitrogens with zero attached hydrogens (tertiary/aromatic N) is 4. The van der Waals surface area contributed by atoms with Crippen LogP contribution >= 0.6 is 0 Å². The van der Waals surface area contributed by atoms with E-state index >= 15 is 0 Å². The Kier molecular flexibility index (Phi) is 5.53. The van der Waals surface area contributed by atoms with Gasteiger partial charge in [0.15, 0.2) is 11.5 Å². The molecule has 2 aliphatic heterocycles. The molecule has 0 spiro atoms. The van der Waals surface area contributed by atoms with Gasteiger partial charge in [0.25, 0.3) is 0 Å². The molecule has 0 unspecified atom stereocenters. The molecule has 0 radical (unpaired) electrons. The minimum atomic E-state index is -0.111. The number of hydrogen-bond acceptors (Lipinski definition) is 7. The average molecular weight is 435 g/mol. The summed E-state index contributed by atoms with van der Waals surface area (Å²) >= 11 is 0. The van der Waals surface area contributed by atoms with E-state index in [2.05, 4.69) is 32.5 Å². The Morgan fingerprint density at radius 1 is 1.00 bits per heavy atom. The molecular weight excluding hydrogens is 410 g/mol. The van der Waals surface area contributed by atoms with Crippen molar-refractivity contribution in [3.63, 3.8) is 0 Å². The zero-order valence-electron chi connectivity index (χ0n) is 17.9. The van der Waals surface area contributed by atoms with Crippen LogP contribution in [0.5, 0.6) is 11.5 Å². The number of aromatic nitrogens is 2. The smallest absolute Gasteiger partial charge is 0.321 e. The highest BCUT2D eigenvalue weighted by Crippen LogP contribution is 2.32. The van der Waals surface area contributed by atoms with Gasteiger partial charge in [0.05, 0.1) is 0 Å². The molecule has 2 amide bonds. The maximum Gasteiger partial charge on any atom is 0.321 e. The summed E-state index contributed by atoms with van der Waals surface area (Å²) in [6.45, 7) is 5.85. The molecule has 1 N–H and O–H groups in total. The van der Waals surface area contributed by atoms with Crippen molar-refractivity contribution in [2.24, 2.45) is 0 Å². The van der Waals surface area contributed by atoms with Crippen molar-refractivity contribution < 1.29 is 18.8 Å². The number of amides is 2. The molecule has 32 heavy (non-hydrogen) atoms. The standard InChI is InChI=1S/C23H25N5O4/c1-2-21-25-22(26-32-21)16-3-6-18(7-4-16)27-9-11-28(12-10-27)23(29)24-17-5-8-19-20(15-17)31-14-13-30-19/h3-8,15H,2,9-14H2,1H3,(H,24,29). The highest BCUT2D eigenvalue weighted by atomic mass is 16.6. The molecule has 0 aliphatic carbocycles. The highest BCUT2D eigenvalue weighted by Gasteiger charge is 2.22. The summed E-state index contributed by atoms with van der Waals surface area (Å²) in [7, 11) is 0. The van der Waals surface area contributed by atoms with Gasteiger partial charge in [-0.05, 0) is 36.4 Å². The molecule has 1 fully saturated rings. The van der Waals surface area contributed by atoms with Crippen molar-refractivity contribution in [1.82, 2.24) is 15.0 Å². The molecule has 0 bridgehead atoms. The lowest BCUT2D eigenvalue weighted by atomic mass is 10.1. The van der Waals surface area contributed by atoms with Crippen LogP contribution in [-0.4, -0.2) is 60.5 Å². The van der Waals surface area contributed by atoms with E-state index in [4.69, 9.17) is 14.0 Å². The van der Waals surface area contributed by atoms with Crippen molar-refractivity contribution in [2.75, 3.05) is 49.6 Å². The van der Waals surface area contributed by atoms with Gasteiger partial charge >= 0.3 is 6.03 Å². The lowest BCUT2D eigenvalue weighted by Crippen LogP contribution is -2.50. The predicted octanol–water partition coefficient (Wildman–Crippen LogP) is 3.42. The van der Waals surface area contributed by atoms with Gasteiger partial charge in [-0.3, -0.25) is 0 Å². The Hall–Kier alpha value is -3.75. The van der Waals surface area contributed by atoms with Crippen LogP contribution in [0.25, 0.3) is 11.4 Å². The fourth-order valence-corrected chi connectivity index (χ4v) is 3.83. The van der Waals surface area contributed by atoms with Crippen molar-refractivity contribution in [1.29, 1.82) is 0 Å². The number of hydrogen-bond donors (Lipinski definition) is 1. The number of carbonyl (C=O) groups is 1. The number of piperazine rings is 1. The fraction of sp³-hybridized carbons (Fsp3) is 0.348. The van der Waals surface area contributed by atoms with Crippen LogP contribution in [0.1, 0.15) is 12.8 Å². The Morgan fingerprint density at radius 2 is 1.75 bits per heavy atom. The third-order valence-corrected chi connectivity index (χ3v) is 5.62. The molecule has 166 valence electrons. The fourth-order valence-electron chi connectivity index (χ4n) is 3.83. The first kappa shape index (κ1) is 20.2. The van der Waals surface area contributed by atoms with Crippen LogP contribution in [0.2, 0.25) is 0 Å². The number of aryl methyl sites for hydroxylation is 1. The van der Waals surface area contributed by atoms with E-state index in [1.165, 1.54) is 0 Å². The zero-order valence-corrected chi connectivity index (χ0v) is 17.9. The summed E-state index contributed by atoms with van der Waals surface area (Å²) in [6, 6.07) is 13.5. The van der Waals surface area contributed by atoms with Gasteiger partial charge < -0.3 is 29.1 Å². The Balaban J connectivity index is 1.16. The second-order valence-corrected chi connectivity index (χ2v) is 7.67. The van der Waals surface area contributed by atoms with E-state index in [0.29, 0.717) is 55.2 Å². The van der Waals surface area contributed by atoms with E-state index in [-0.39, 0.29) is 6.03 Å². The quantitative estimate of drug-likeness (QED) is 0.671. The van der Waals surface area contributed by atoms with E-state index in [9.17, 15) is 4.79 Å². The number of nitrogens with one attached hydrogen (secondary N) is 1. The summed E-state index contributed by atoms with van der Waals surface area (Å²) in [4.78, 5) is 21.2. The second kappa shape index (κ2) is 8.78. The summed E-state index contributed by atoms with van der Waals surface area (Å²) < 4.78 is 16.3. The van der Waals surface area contributed by atoms with Crippen LogP contribution in [0.15, 0.2) is 47.0 Å². The molecule has 5 rings (SSSR count). The monoisotopic (exact) mass is 435 g/mol. The summed E-state index contributed by atoms with van der Waals surface area (Å²) in [6.07, 6.45) is 0.720. The zero-order chi connectivity index (χ0) is 21.9. The molecular formula is C23H25N5O4. The number of carbonyl (C=O) groups excluding carboxylic acids is 1. The number of rotatable bonds is 4. The number of ether oxygens (including phenoxy) is 2. The molecule has 3 aromatic rings. The van der Waals surface area contributed by atoms with Crippen LogP contribution in [0.3, 0.4) is 0 Å². The third kappa shape index (κ3) is 4.18. The van der Waals surface area contributed by atoms with Crippen molar-refractivity contribution in [3.8, 4) is 22.9 Å². The molecule has 0 saturated carbocycles. The van der Waals surface area contributed by atoms with Crippen LogP contribution < -0.4 is 19.7 Å². The van der Waals surface area contributed by atoms with Gasteiger partial charge in [-0.1, -0.05) is 12.1 Å². The SMILES string of the molecule is CCc1nc(-c2ccc(N3CCN(C(=O)Nc4ccc5c(c4)OCCO5)CC3)cc2)no1. The highest BCUT2D eigenvalue weighted by molar-refractivity contribution is 5.90. The maximum absolute atomic E-state index is 12.7. The molecule has 1 aromatic heterocycles. The first-order valence-corrected chi connectivity index (χ1v) is 10.8. The number of benzene rings is 2. The molecule has 9 nitrogen and oxygen atoms in total. The Labute approximate surface area is 185 Å². The van der Waals surface area contributed by atoms with Crippen molar-refractivity contribution in [3.05, 3.63) is 48.4 Å². The molecule has 1 saturated heterocycles. The normalized spacial score (nSPS) is 15.5. The minimum absolute atomic E-state index is 0.111. The molecule has 3 heterocycles. The maximum atomic E-state index is 12.7. The Morgan fingerprint density at radius 3 is 2.47 bits per heavy atom. The van der Waals surface area contributed by atoms with Gasteiger partial charge in [0, 0.05) is 55.6 Å². The predicted molar refractivity (Wildman–Crippen MR) is 119 cm³/mol. The van der Waals surface area contributed by atoms with E-state index in [1.807, 2.05) is 36.1 Å². The molecule has 2 aliphatic rings. The van der Waals surface area contributed by atoms with Crippen molar-refractivity contribution >= 4 is 17.4 Å². The molecule has 9 heteroatoms. The van der Waals surface area contributed by atoms with E-state index < -0.39 is 0 Å². The first-order chi connectivity index (χ1) is 15.7. The summed E-state index contributed by atoms with van der Waals surface area (Å²) in [5.74, 6) is 2.61. The van der Waals surface area contributed by atoms with Gasteiger partial charge in [0.1, 0.15) is 13.2 Å². The lowest BCUT2D eigenvalue weighted by molar-refractivity contribution is 0.171. The van der Waals surface area contributed by atoms with E-state index in [0.717, 1.165) is 30.8 Å². The summed E-state index contributed by atoms with van der Waals surface area (Å²) in [5.41, 5.74) is 2.74. The van der Waals surface area contributed by atoms with Gasteiger partial charge in [-0.15, -0.1) is 0 Å². The van der Waals surface area contributed by atoms with Crippen LogP contribution in [0, 0.1) is 0 Å². The minimum Gasteiger partial charge on any atom is -0.486 e. The largest absolute Gasteiger partial charge is 0.486 e. The second-order valence-electron chi connectivity index (χ2n) is 7.67. The molecule has 0 atom stereocenters. The lowest BCUT2D eigenvalue weighted by Gasteiger charge is -2.36. The number of anilines is 2.